The van der Waals surface area contributed by atoms with Gasteiger partial charge in [0.1, 0.15) is 28.9 Å². The number of hydrogen-bond acceptors (Lipinski definition) is 6. The summed E-state index contributed by atoms with van der Waals surface area (Å²) < 4.78 is 5.56. The number of rotatable bonds is 5. The van der Waals surface area contributed by atoms with Crippen LogP contribution in [0.1, 0.15) is 5.76 Å². The summed E-state index contributed by atoms with van der Waals surface area (Å²) in [6.07, 6.45) is 1.24. The topological polar surface area (TPSA) is 129 Å². The van der Waals surface area contributed by atoms with Gasteiger partial charge in [-0.15, -0.1) is 0 Å². The maximum absolute atomic E-state index is 12.3. The van der Waals surface area contributed by atoms with Crippen LogP contribution < -0.4 is 5.32 Å². The largest absolute Gasteiger partial charge is 0.508 e. The lowest BCUT2D eigenvalue weighted by molar-refractivity contribution is -0.384. The average molecular weight is 375 g/mol. The van der Waals surface area contributed by atoms with Gasteiger partial charge in [0.15, 0.2) is 0 Å². The van der Waals surface area contributed by atoms with Crippen LogP contribution in [0, 0.1) is 21.4 Å². The molecule has 8 heteroatoms. The van der Waals surface area contributed by atoms with Gasteiger partial charge in [0.05, 0.1) is 10.5 Å². The Morgan fingerprint density at radius 3 is 2.54 bits per heavy atom. The lowest BCUT2D eigenvalue weighted by Gasteiger charge is -2.03. The molecule has 1 amide bonds. The molecule has 3 aromatic rings. The lowest BCUT2D eigenvalue weighted by atomic mass is 10.1. The molecule has 1 aromatic heterocycles. The van der Waals surface area contributed by atoms with E-state index in [-0.39, 0.29) is 28.5 Å². The van der Waals surface area contributed by atoms with Crippen molar-refractivity contribution in [3.8, 4) is 23.1 Å². The highest BCUT2D eigenvalue weighted by molar-refractivity contribution is 6.09. The van der Waals surface area contributed by atoms with Crippen molar-refractivity contribution in [3.63, 3.8) is 0 Å². The molecule has 0 unspecified atom stereocenters. The first-order valence-corrected chi connectivity index (χ1v) is 8.04. The number of carbonyl (C=O) groups is 1. The molecule has 0 saturated carbocycles. The fraction of sp³-hybridized carbons (Fsp3) is 0. The van der Waals surface area contributed by atoms with E-state index < -0.39 is 10.8 Å². The molecule has 28 heavy (non-hydrogen) atoms. The molecule has 3 rings (SSSR count). The van der Waals surface area contributed by atoms with Gasteiger partial charge in [-0.25, -0.2) is 0 Å². The fourth-order valence-electron chi connectivity index (χ4n) is 2.45. The van der Waals surface area contributed by atoms with Gasteiger partial charge in [-0.05, 0) is 42.5 Å². The smallest absolute Gasteiger partial charge is 0.280 e. The van der Waals surface area contributed by atoms with E-state index in [1.165, 1.54) is 48.5 Å². The molecule has 0 saturated heterocycles. The van der Waals surface area contributed by atoms with Gasteiger partial charge >= 0.3 is 0 Å². The molecule has 2 N–H and O–H groups in total. The number of benzene rings is 2. The summed E-state index contributed by atoms with van der Waals surface area (Å²) in [5, 5.41) is 32.2. The molecular weight excluding hydrogens is 362 g/mol. The fourth-order valence-corrected chi connectivity index (χ4v) is 2.45. The Balaban J connectivity index is 1.85. The Labute approximate surface area is 159 Å². The first-order valence-electron chi connectivity index (χ1n) is 8.04. The first-order chi connectivity index (χ1) is 13.5. The van der Waals surface area contributed by atoms with Crippen LogP contribution >= 0.6 is 0 Å². The number of amides is 1. The predicted octanol–water partition coefficient (Wildman–Crippen LogP) is 4.11. The highest BCUT2D eigenvalue weighted by atomic mass is 16.6. The average Bonchev–Trinajstić information content (AvgIpc) is 3.16. The molecule has 0 aliphatic rings. The number of nitrogens with one attached hydrogen (secondary N) is 1. The maximum Gasteiger partial charge on any atom is 0.280 e. The molecule has 0 aliphatic heterocycles. The van der Waals surface area contributed by atoms with Gasteiger partial charge in [0, 0.05) is 17.8 Å². The van der Waals surface area contributed by atoms with Gasteiger partial charge in [-0.3, -0.25) is 14.9 Å². The summed E-state index contributed by atoms with van der Waals surface area (Å²) in [5.41, 5.74) is 0.373. The summed E-state index contributed by atoms with van der Waals surface area (Å²) in [4.78, 5) is 22.9. The number of phenols is 1. The van der Waals surface area contributed by atoms with Crippen molar-refractivity contribution in [1.29, 1.82) is 5.26 Å². The van der Waals surface area contributed by atoms with E-state index in [1.807, 2.05) is 0 Å². The highest BCUT2D eigenvalue weighted by Gasteiger charge is 2.17. The molecular formula is C20H13N3O5. The van der Waals surface area contributed by atoms with Crippen molar-refractivity contribution < 1.29 is 19.2 Å². The van der Waals surface area contributed by atoms with Crippen LogP contribution in [-0.4, -0.2) is 15.9 Å². The van der Waals surface area contributed by atoms with Gasteiger partial charge in [0.25, 0.3) is 11.6 Å². The van der Waals surface area contributed by atoms with E-state index >= 15 is 0 Å². The zero-order chi connectivity index (χ0) is 20.1. The molecule has 8 nitrogen and oxygen atoms in total. The summed E-state index contributed by atoms with van der Waals surface area (Å²) in [6, 6.07) is 16.7. The van der Waals surface area contributed by atoms with Gasteiger partial charge in [-0.1, -0.05) is 12.1 Å². The number of nitro groups is 1. The van der Waals surface area contributed by atoms with Crippen LogP contribution in [0.15, 0.2) is 70.7 Å². The Morgan fingerprint density at radius 2 is 1.86 bits per heavy atom. The number of furan rings is 1. The maximum atomic E-state index is 12.3. The van der Waals surface area contributed by atoms with Gasteiger partial charge in [0.2, 0.25) is 0 Å². The van der Waals surface area contributed by atoms with Crippen LogP contribution in [0.4, 0.5) is 11.4 Å². The minimum Gasteiger partial charge on any atom is -0.508 e. The van der Waals surface area contributed by atoms with Crippen molar-refractivity contribution in [2.45, 2.75) is 0 Å². The van der Waals surface area contributed by atoms with Gasteiger partial charge in [-0.2, -0.15) is 5.26 Å². The molecule has 0 aliphatic carbocycles. The SMILES string of the molecule is N#CC(=Cc1ccc(-c2ccccc2[N+](=O)[O-])o1)C(=O)Nc1ccc(O)cc1. The molecule has 1 heterocycles. The van der Waals surface area contributed by atoms with Crippen molar-refractivity contribution in [2.24, 2.45) is 0 Å². The predicted molar refractivity (Wildman–Crippen MR) is 101 cm³/mol. The second-order valence-corrected chi connectivity index (χ2v) is 5.65. The standard InChI is InChI=1S/C20H13N3O5/c21-12-13(20(25)22-14-5-7-15(24)8-6-14)11-16-9-10-19(28-16)17-3-1-2-4-18(17)23(26)27/h1-11,24H,(H,22,25). The van der Waals surface area contributed by atoms with E-state index in [0.29, 0.717) is 11.3 Å². The number of carbonyl (C=O) groups excluding carboxylic acids is 1. The third-order valence-corrected chi connectivity index (χ3v) is 3.77. The summed E-state index contributed by atoms with van der Waals surface area (Å²) in [5.74, 6) is -0.163. The van der Waals surface area contributed by atoms with Crippen molar-refractivity contribution in [2.75, 3.05) is 5.32 Å². The second-order valence-electron chi connectivity index (χ2n) is 5.65. The van der Waals surface area contributed by atoms with E-state index in [9.17, 15) is 25.3 Å². The Bertz CT molecular complexity index is 1110. The van der Waals surface area contributed by atoms with E-state index in [1.54, 1.807) is 24.3 Å². The monoisotopic (exact) mass is 375 g/mol. The van der Waals surface area contributed by atoms with E-state index in [2.05, 4.69) is 5.32 Å². The zero-order valence-electron chi connectivity index (χ0n) is 14.3. The number of hydrogen-bond donors (Lipinski definition) is 2. The molecule has 138 valence electrons. The quantitative estimate of drug-likeness (QED) is 0.227. The third-order valence-electron chi connectivity index (χ3n) is 3.77. The number of phenolic OH excluding ortho intramolecular Hbond substituents is 1. The number of aromatic hydroxyl groups is 1. The minimum atomic E-state index is -0.656. The van der Waals surface area contributed by atoms with Crippen LogP contribution in [0.5, 0.6) is 5.75 Å². The van der Waals surface area contributed by atoms with Crippen LogP contribution in [0.2, 0.25) is 0 Å². The molecule has 0 fully saturated rings. The molecule has 0 spiro atoms. The lowest BCUT2D eigenvalue weighted by Crippen LogP contribution is -2.13. The van der Waals surface area contributed by atoms with Crippen molar-refractivity contribution >= 4 is 23.4 Å². The normalized spacial score (nSPS) is 10.9. The molecule has 2 aromatic carbocycles. The molecule has 0 radical (unpaired) electrons. The zero-order valence-corrected chi connectivity index (χ0v) is 14.3. The number of nitrogens with zero attached hydrogens (tertiary/aromatic N) is 2. The number of para-hydroxylation sites is 1. The Morgan fingerprint density at radius 1 is 1.14 bits per heavy atom. The number of nitro benzene ring substituents is 1. The first kappa shape index (κ1) is 18.4. The van der Waals surface area contributed by atoms with Crippen LogP contribution in [0.3, 0.4) is 0 Å². The number of anilines is 1. The Kier molecular flexibility index (Phi) is 5.18. The summed E-state index contributed by atoms with van der Waals surface area (Å²) in [7, 11) is 0. The van der Waals surface area contributed by atoms with Crippen LogP contribution in [-0.2, 0) is 4.79 Å². The minimum absolute atomic E-state index is 0.0483. The summed E-state index contributed by atoms with van der Waals surface area (Å²) in [6.45, 7) is 0. The van der Waals surface area contributed by atoms with E-state index in [4.69, 9.17) is 4.42 Å². The highest BCUT2D eigenvalue weighted by Crippen LogP contribution is 2.31. The van der Waals surface area contributed by atoms with Gasteiger partial charge < -0.3 is 14.8 Å². The second kappa shape index (κ2) is 7.88. The van der Waals surface area contributed by atoms with Crippen molar-refractivity contribution in [3.05, 3.63) is 82.1 Å². The molecule has 0 atom stereocenters. The molecule has 0 bridgehead atoms. The number of nitriles is 1. The van der Waals surface area contributed by atoms with Crippen molar-refractivity contribution in [1.82, 2.24) is 0 Å². The summed E-state index contributed by atoms with van der Waals surface area (Å²) >= 11 is 0. The Hall–Kier alpha value is -4.38. The van der Waals surface area contributed by atoms with Crippen LogP contribution in [0.25, 0.3) is 17.4 Å². The third kappa shape index (κ3) is 4.05. The van der Waals surface area contributed by atoms with E-state index in [0.717, 1.165) is 0 Å².